The molecular weight excluding hydrogens is 256 g/mol. The second kappa shape index (κ2) is 6.25. The van der Waals surface area contributed by atoms with E-state index in [9.17, 15) is 9.90 Å². The Morgan fingerprint density at radius 1 is 1.11 bits per heavy atom. The lowest BCUT2D eigenvalue weighted by Gasteiger charge is -1.99. The minimum Gasteiger partial charge on any atom is -0.507 e. The zero-order valence-electron chi connectivity index (χ0n) is 10.5. The Bertz CT molecular complexity index is 600. The molecule has 0 bridgehead atoms. The molecule has 1 N–H and O–H groups in total. The van der Waals surface area contributed by atoms with Crippen molar-refractivity contribution in [3.05, 3.63) is 65.7 Å². The third-order valence-corrected chi connectivity index (χ3v) is 3.47. The molecule has 0 saturated heterocycles. The van der Waals surface area contributed by atoms with Gasteiger partial charge in [-0.25, -0.2) is 0 Å². The minimum absolute atomic E-state index is 0.0732. The van der Waals surface area contributed by atoms with Crippen molar-refractivity contribution in [2.24, 2.45) is 0 Å². The molecule has 0 aromatic heterocycles. The van der Waals surface area contributed by atoms with Crippen LogP contribution in [0.15, 0.2) is 59.5 Å². The van der Waals surface area contributed by atoms with E-state index in [1.807, 2.05) is 36.6 Å². The van der Waals surface area contributed by atoms with Crippen LogP contribution in [-0.2, 0) is 0 Å². The third kappa shape index (κ3) is 3.48. The quantitative estimate of drug-likeness (QED) is 0.518. The van der Waals surface area contributed by atoms with E-state index in [0.29, 0.717) is 11.1 Å². The number of phenolic OH excluding ortho intramolecular Hbond substituents is 1. The summed E-state index contributed by atoms with van der Waals surface area (Å²) in [7, 11) is 0. The number of thioether (sulfide) groups is 1. The molecule has 19 heavy (non-hydrogen) atoms. The number of hydrogen-bond donors (Lipinski definition) is 1. The molecule has 0 amide bonds. The van der Waals surface area contributed by atoms with Gasteiger partial charge in [0.1, 0.15) is 5.75 Å². The number of para-hydroxylation sites is 1. The van der Waals surface area contributed by atoms with Crippen LogP contribution in [-0.4, -0.2) is 17.1 Å². The molecule has 2 aromatic carbocycles. The van der Waals surface area contributed by atoms with Crippen LogP contribution >= 0.6 is 11.8 Å². The van der Waals surface area contributed by atoms with E-state index in [2.05, 4.69) is 0 Å². The average Bonchev–Trinajstić information content (AvgIpc) is 2.46. The van der Waals surface area contributed by atoms with E-state index in [4.69, 9.17) is 0 Å². The maximum Gasteiger partial charge on any atom is 0.185 e. The Kier molecular flexibility index (Phi) is 4.42. The highest BCUT2D eigenvalue weighted by molar-refractivity contribution is 7.98. The van der Waals surface area contributed by atoms with Crippen molar-refractivity contribution in [1.29, 1.82) is 0 Å². The van der Waals surface area contributed by atoms with E-state index in [-0.39, 0.29) is 11.5 Å². The summed E-state index contributed by atoms with van der Waals surface area (Å²) in [5.41, 5.74) is 1.28. The van der Waals surface area contributed by atoms with Crippen molar-refractivity contribution < 1.29 is 9.90 Å². The first-order chi connectivity index (χ1) is 9.20. The summed E-state index contributed by atoms with van der Waals surface area (Å²) >= 11 is 1.64. The largest absolute Gasteiger partial charge is 0.507 e. The molecule has 0 unspecified atom stereocenters. The molecule has 2 nitrogen and oxygen atoms in total. The van der Waals surface area contributed by atoms with Gasteiger partial charge < -0.3 is 5.11 Å². The first-order valence-electron chi connectivity index (χ1n) is 5.85. The maximum absolute atomic E-state index is 12.0. The Morgan fingerprint density at radius 3 is 2.42 bits per heavy atom. The molecule has 0 fully saturated rings. The van der Waals surface area contributed by atoms with Crippen LogP contribution in [0.2, 0.25) is 0 Å². The third-order valence-electron chi connectivity index (χ3n) is 2.73. The number of aromatic hydroxyl groups is 1. The van der Waals surface area contributed by atoms with Crippen LogP contribution < -0.4 is 0 Å². The second-order valence-electron chi connectivity index (χ2n) is 3.98. The predicted octanol–water partition coefficient (Wildman–Crippen LogP) is 4.01. The number of rotatable bonds is 4. The molecular formula is C16H14O2S. The molecule has 0 aliphatic rings. The first-order valence-corrected chi connectivity index (χ1v) is 7.07. The minimum atomic E-state index is -0.0732. The van der Waals surface area contributed by atoms with Crippen molar-refractivity contribution in [3.63, 3.8) is 0 Å². The van der Waals surface area contributed by atoms with Crippen LogP contribution in [0.3, 0.4) is 0 Å². The van der Waals surface area contributed by atoms with Gasteiger partial charge in [-0.15, -0.1) is 11.8 Å². The number of carbonyl (C=O) groups excluding carboxylic acids is 1. The normalized spacial score (nSPS) is 10.8. The smallest absolute Gasteiger partial charge is 0.185 e. The van der Waals surface area contributed by atoms with Crippen LogP contribution in [0.1, 0.15) is 15.9 Å². The summed E-state index contributed by atoms with van der Waals surface area (Å²) in [6.45, 7) is 0. The molecule has 96 valence electrons. The van der Waals surface area contributed by atoms with Gasteiger partial charge in [0.2, 0.25) is 0 Å². The number of phenols is 1. The number of ketones is 1. The zero-order chi connectivity index (χ0) is 13.7. The zero-order valence-corrected chi connectivity index (χ0v) is 11.4. The Morgan fingerprint density at radius 2 is 1.79 bits per heavy atom. The van der Waals surface area contributed by atoms with E-state index < -0.39 is 0 Å². The average molecular weight is 270 g/mol. The van der Waals surface area contributed by atoms with Gasteiger partial charge in [0, 0.05) is 16.0 Å². The van der Waals surface area contributed by atoms with Gasteiger partial charge in [0.15, 0.2) is 5.78 Å². The van der Waals surface area contributed by atoms with Gasteiger partial charge in [-0.3, -0.25) is 4.79 Å². The van der Waals surface area contributed by atoms with Gasteiger partial charge in [0.25, 0.3) is 0 Å². The summed E-state index contributed by atoms with van der Waals surface area (Å²) in [5, 5.41) is 9.60. The Balaban J connectivity index is 2.14. The highest BCUT2D eigenvalue weighted by atomic mass is 32.2. The molecule has 0 radical (unpaired) electrons. The Labute approximate surface area is 116 Å². The number of carbonyl (C=O) groups is 1. The van der Waals surface area contributed by atoms with Crippen LogP contribution in [0.4, 0.5) is 0 Å². The van der Waals surface area contributed by atoms with Gasteiger partial charge >= 0.3 is 0 Å². The SMILES string of the molecule is CSc1ccc(C(=O)/C=C/c2ccccc2O)cc1. The van der Waals surface area contributed by atoms with Crippen molar-refractivity contribution in [2.45, 2.75) is 4.90 Å². The topological polar surface area (TPSA) is 37.3 Å². The summed E-state index contributed by atoms with van der Waals surface area (Å²) in [6, 6.07) is 14.4. The van der Waals surface area contributed by atoms with E-state index in [1.54, 1.807) is 36.0 Å². The molecule has 0 aliphatic heterocycles. The monoisotopic (exact) mass is 270 g/mol. The molecule has 2 aromatic rings. The van der Waals surface area contributed by atoms with Crippen molar-refractivity contribution in [2.75, 3.05) is 6.26 Å². The molecule has 0 spiro atoms. The lowest BCUT2D eigenvalue weighted by Crippen LogP contribution is -1.93. The summed E-state index contributed by atoms with van der Waals surface area (Å²) in [5.74, 6) is 0.0974. The highest BCUT2D eigenvalue weighted by Crippen LogP contribution is 2.18. The summed E-state index contributed by atoms with van der Waals surface area (Å²) in [6.07, 6.45) is 5.10. The van der Waals surface area contributed by atoms with Gasteiger partial charge in [-0.2, -0.15) is 0 Å². The fourth-order valence-electron chi connectivity index (χ4n) is 1.65. The van der Waals surface area contributed by atoms with Crippen molar-refractivity contribution >= 4 is 23.6 Å². The predicted molar refractivity (Wildman–Crippen MR) is 79.7 cm³/mol. The molecule has 0 aliphatic carbocycles. The van der Waals surface area contributed by atoms with Gasteiger partial charge in [-0.1, -0.05) is 18.2 Å². The standard InChI is InChI=1S/C16H14O2S/c1-19-14-9-6-13(7-10-14)16(18)11-8-12-4-2-3-5-15(12)17/h2-11,17H,1H3/b11-8+. The molecule has 0 saturated carbocycles. The summed E-state index contributed by atoms with van der Waals surface area (Å²) in [4.78, 5) is 13.1. The van der Waals surface area contributed by atoms with E-state index in [1.165, 1.54) is 6.08 Å². The lowest BCUT2D eigenvalue weighted by molar-refractivity contribution is 0.104. The summed E-state index contributed by atoms with van der Waals surface area (Å²) < 4.78 is 0. The van der Waals surface area contributed by atoms with Gasteiger partial charge in [-0.05, 0) is 48.7 Å². The number of hydrogen-bond acceptors (Lipinski definition) is 3. The van der Waals surface area contributed by atoms with E-state index in [0.717, 1.165) is 4.90 Å². The van der Waals surface area contributed by atoms with E-state index >= 15 is 0 Å². The first kappa shape index (κ1) is 13.4. The van der Waals surface area contributed by atoms with Crippen LogP contribution in [0.25, 0.3) is 6.08 Å². The lowest BCUT2D eigenvalue weighted by atomic mass is 10.1. The van der Waals surface area contributed by atoms with Crippen LogP contribution in [0, 0.1) is 0 Å². The number of allylic oxidation sites excluding steroid dienone is 1. The number of benzene rings is 2. The maximum atomic E-state index is 12.0. The fourth-order valence-corrected chi connectivity index (χ4v) is 2.05. The highest BCUT2D eigenvalue weighted by Gasteiger charge is 2.02. The molecule has 3 heteroatoms. The van der Waals surface area contributed by atoms with Gasteiger partial charge in [0.05, 0.1) is 0 Å². The fraction of sp³-hybridized carbons (Fsp3) is 0.0625. The molecule has 0 heterocycles. The van der Waals surface area contributed by atoms with Crippen molar-refractivity contribution in [1.82, 2.24) is 0 Å². The molecule has 0 atom stereocenters. The second-order valence-corrected chi connectivity index (χ2v) is 4.86. The molecule has 2 rings (SSSR count). The van der Waals surface area contributed by atoms with Crippen LogP contribution in [0.5, 0.6) is 5.75 Å². The van der Waals surface area contributed by atoms with Crippen molar-refractivity contribution in [3.8, 4) is 5.75 Å². The Hall–Kier alpha value is -2.00.